The van der Waals surface area contributed by atoms with Gasteiger partial charge >= 0.3 is 0 Å². The molecule has 0 spiro atoms. The summed E-state index contributed by atoms with van der Waals surface area (Å²) in [6.07, 6.45) is 0. The van der Waals surface area contributed by atoms with Crippen molar-refractivity contribution in [2.75, 3.05) is 0 Å². The molecular formula is C20H14FNO. The lowest BCUT2D eigenvalue weighted by molar-refractivity contribution is 0.304. The van der Waals surface area contributed by atoms with E-state index in [0.29, 0.717) is 11.1 Å². The first-order valence-corrected chi connectivity index (χ1v) is 7.24. The van der Waals surface area contributed by atoms with Gasteiger partial charge in [-0.15, -0.1) is 0 Å². The summed E-state index contributed by atoms with van der Waals surface area (Å²) >= 11 is 0. The molecule has 3 rings (SSSR count). The van der Waals surface area contributed by atoms with E-state index in [4.69, 9.17) is 4.74 Å². The first-order chi connectivity index (χ1) is 11.3. The molecule has 112 valence electrons. The lowest BCUT2D eigenvalue weighted by Crippen LogP contribution is -1.99. The fourth-order valence-corrected chi connectivity index (χ4v) is 2.39. The summed E-state index contributed by atoms with van der Waals surface area (Å²) < 4.78 is 19.7. The third-order valence-electron chi connectivity index (χ3n) is 3.50. The van der Waals surface area contributed by atoms with Crippen LogP contribution in [0.25, 0.3) is 11.1 Å². The van der Waals surface area contributed by atoms with Crippen molar-refractivity contribution in [1.29, 1.82) is 5.26 Å². The molecule has 0 fully saturated rings. The molecule has 0 saturated heterocycles. The van der Waals surface area contributed by atoms with Crippen LogP contribution in [0.5, 0.6) is 5.75 Å². The minimum Gasteiger partial charge on any atom is -0.487 e. The molecule has 0 heterocycles. The van der Waals surface area contributed by atoms with E-state index < -0.39 is 5.82 Å². The maximum absolute atomic E-state index is 14.0. The van der Waals surface area contributed by atoms with Gasteiger partial charge in [0.25, 0.3) is 0 Å². The van der Waals surface area contributed by atoms with E-state index in [0.717, 1.165) is 11.1 Å². The fraction of sp³-hybridized carbons (Fsp3) is 0.0500. The summed E-state index contributed by atoms with van der Waals surface area (Å²) in [4.78, 5) is 0. The molecule has 0 atom stereocenters. The van der Waals surface area contributed by atoms with Crippen molar-refractivity contribution in [3.63, 3.8) is 0 Å². The summed E-state index contributed by atoms with van der Waals surface area (Å²) in [6.45, 7) is 0.285. The molecule has 23 heavy (non-hydrogen) atoms. The van der Waals surface area contributed by atoms with E-state index in [9.17, 15) is 9.65 Å². The molecule has 3 aromatic rings. The third-order valence-corrected chi connectivity index (χ3v) is 3.50. The minimum absolute atomic E-state index is 0.259. The van der Waals surface area contributed by atoms with Gasteiger partial charge in [0.05, 0.1) is 0 Å². The quantitative estimate of drug-likeness (QED) is 0.683. The SMILES string of the molecule is N#Cc1c(OCc2ccccc2)cc(F)cc1-c1ccccc1. The zero-order chi connectivity index (χ0) is 16.1. The van der Waals surface area contributed by atoms with Crippen molar-refractivity contribution in [3.8, 4) is 22.9 Å². The lowest BCUT2D eigenvalue weighted by atomic mass is 9.99. The van der Waals surface area contributed by atoms with E-state index in [1.54, 1.807) is 0 Å². The molecule has 0 bridgehead atoms. The molecule has 0 saturated carbocycles. The van der Waals surface area contributed by atoms with Gasteiger partial charge in [-0.2, -0.15) is 5.26 Å². The highest BCUT2D eigenvalue weighted by molar-refractivity contribution is 5.73. The van der Waals surface area contributed by atoms with E-state index in [-0.39, 0.29) is 12.4 Å². The average Bonchev–Trinajstić information content (AvgIpc) is 2.61. The zero-order valence-electron chi connectivity index (χ0n) is 12.4. The number of nitriles is 1. The Kier molecular flexibility index (Phi) is 4.35. The second-order valence-corrected chi connectivity index (χ2v) is 5.08. The van der Waals surface area contributed by atoms with Crippen LogP contribution in [0.3, 0.4) is 0 Å². The van der Waals surface area contributed by atoms with Gasteiger partial charge in [0, 0.05) is 11.6 Å². The number of rotatable bonds is 4. The Morgan fingerprint density at radius 3 is 2.22 bits per heavy atom. The van der Waals surface area contributed by atoms with Crippen molar-refractivity contribution >= 4 is 0 Å². The molecule has 0 aliphatic heterocycles. The Balaban J connectivity index is 1.97. The Labute approximate surface area is 134 Å². The molecule has 0 unspecified atom stereocenters. The Bertz CT molecular complexity index is 839. The lowest BCUT2D eigenvalue weighted by Gasteiger charge is -2.12. The van der Waals surface area contributed by atoms with Crippen LogP contribution in [-0.2, 0) is 6.61 Å². The molecule has 0 amide bonds. The highest BCUT2D eigenvalue weighted by Crippen LogP contribution is 2.32. The van der Waals surface area contributed by atoms with E-state index in [2.05, 4.69) is 6.07 Å². The zero-order valence-corrected chi connectivity index (χ0v) is 12.4. The van der Waals surface area contributed by atoms with Crippen LogP contribution in [0.2, 0.25) is 0 Å². The van der Waals surface area contributed by atoms with Gasteiger partial charge < -0.3 is 4.74 Å². The summed E-state index contributed by atoms with van der Waals surface area (Å²) in [7, 11) is 0. The third kappa shape index (κ3) is 3.38. The topological polar surface area (TPSA) is 33.0 Å². The number of hydrogen-bond donors (Lipinski definition) is 0. The van der Waals surface area contributed by atoms with Crippen LogP contribution in [0.1, 0.15) is 11.1 Å². The summed E-state index contributed by atoms with van der Waals surface area (Å²) in [5.41, 5.74) is 2.62. The Morgan fingerprint density at radius 1 is 0.913 bits per heavy atom. The van der Waals surface area contributed by atoms with Gasteiger partial charge in [-0.1, -0.05) is 60.7 Å². The second kappa shape index (κ2) is 6.76. The normalized spacial score (nSPS) is 10.1. The first kappa shape index (κ1) is 14.8. The van der Waals surface area contributed by atoms with Gasteiger partial charge in [-0.3, -0.25) is 0 Å². The fourth-order valence-electron chi connectivity index (χ4n) is 2.39. The van der Waals surface area contributed by atoms with E-state index in [1.165, 1.54) is 12.1 Å². The molecule has 0 aliphatic rings. The van der Waals surface area contributed by atoms with Crippen molar-refractivity contribution in [2.24, 2.45) is 0 Å². The number of benzene rings is 3. The van der Waals surface area contributed by atoms with Crippen molar-refractivity contribution in [2.45, 2.75) is 6.61 Å². The Morgan fingerprint density at radius 2 is 1.57 bits per heavy atom. The molecule has 3 heteroatoms. The summed E-state index contributed by atoms with van der Waals surface area (Å²) in [5.74, 6) is -0.166. The monoisotopic (exact) mass is 303 g/mol. The van der Waals surface area contributed by atoms with Crippen LogP contribution in [0.4, 0.5) is 4.39 Å². The van der Waals surface area contributed by atoms with E-state index in [1.807, 2.05) is 60.7 Å². The van der Waals surface area contributed by atoms with Gasteiger partial charge in [0.2, 0.25) is 0 Å². The second-order valence-electron chi connectivity index (χ2n) is 5.08. The maximum Gasteiger partial charge on any atom is 0.141 e. The molecule has 2 nitrogen and oxygen atoms in total. The van der Waals surface area contributed by atoms with Crippen LogP contribution < -0.4 is 4.74 Å². The number of nitrogens with zero attached hydrogens (tertiary/aromatic N) is 1. The predicted molar refractivity (Wildman–Crippen MR) is 87.3 cm³/mol. The van der Waals surface area contributed by atoms with Crippen LogP contribution >= 0.6 is 0 Å². The van der Waals surface area contributed by atoms with Crippen molar-refractivity contribution in [1.82, 2.24) is 0 Å². The van der Waals surface area contributed by atoms with Gasteiger partial charge in [-0.25, -0.2) is 4.39 Å². The number of hydrogen-bond acceptors (Lipinski definition) is 2. The van der Waals surface area contributed by atoms with Crippen molar-refractivity contribution in [3.05, 3.63) is 89.7 Å². The van der Waals surface area contributed by atoms with Crippen LogP contribution in [0, 0.1) is 17.1 Å². The molecule has 0 N–H and O–H groups in total. The van der Waals surface area contributed by atoms with Crippen LogP contribution in [-0.4, -0.2) is 0 Å². The first-order valence-electron chi connectivity index (χ1n) is 7.24. The van der Waals surface area contributed by atoms with Gasteiger partial charge in [0.1, 0.15) is 29.8 Å². The minimum atomic E-state index is -0.425. The predicted octanol–water partition coefficient (Wildman–Crippen LogP) is 4.94. The standard InChI is InChI=1S/C20H14FNO/c21-17-11-18(16-9-5-2-6-10-16)19(13-22)20(12-17)23-14-15-7-3-1-4-8-15/h1-12H,14H2. The molecule has 0 aliphatic carbocycles. The van der Waals surface area contributed by atoms with Crippen LogP contribution in [0.15, 0.2) is 72.8 Å². The largest absolute Gasteiger partial charge is 0.487 e. The number of ether oxygens (including phenoxy) is 1. The Hall–Kier alpha value is -3.12. The molecular weight excluding hydrogens is 289 g/mol. The van der Waals surface area contributed by atoms with Gasteiger partial charge in [0.15, 0.2) is 0 Å². The molecule has 3 aromatic carbocycles. The van der Waals surface area contributed by atoms with E-state index >= 15 is 0 Å². The highest BCUT2D eigenvalue weighted by Gasteiger charge is 2.14. The molecule has 0 radical (unpaired) electrons. The maximum atomic E-state index is 14.0. The average molecular weight is 303 g/mol. The number of halogens is 1. The summed E-state index contributed by atoms with van der Waals surface area (Å²) in [5, 5.41) is 9.50. The summed E-state index contributed by atoms with van der Waals surface area (Å²) in [6, 6.07) is 23.6. The smallest absolute Gasteiger partial charge is 0.141 e. The van der Waals surface area contributed by atoms with Crippen molar-refractivity contribution < 1.29 is 9.13 Å². The highest BCUT2D eigenvalue weighted by atomic mass is 19.1. The van der Waals surface area contributed by atoms with Gasteiger partial charge in [-0.05, 0) is 17.2 Å². The molecule has 0 aromatic heterocycles.